The zero-order valence-electron chi connectivity index (χ0n) is 9.41. The van der Waals surface area contributed by atoms with Crippen molar-refractivity contribution < 1.29 is 0 Å². The molecule has 1 aliphatic rings. The van der Waals surface area contributed by atoms with Gasteiger partial charge in [0.2, 0.25) is 0 Å². The number of rotatable bonds is 4. The first kappa shape index (κ1) is 11.4. The maximum Gasteiger partial charge on any atom is 0.134 e. The third-order valence-corrected chi connectivity index (χ3v) is 2.77. The number of halogens is 1. The van der Waals surface area contributed by atoms with E-state index in [0.717, 1.165) is 37.3 Å². The minimum absolute atomic E-state index is 0.459. The molecule has 0 bridgehead atoms. The first-order chi connectivity index (χ1) is 7.78. The second-order valence-corrected chi connectivity index (χ2v) is 4.41. The summed E-state index contributed by atoms with van der Waals surface area (Å²) < 4.78 is 0. The van der Waals surface area contributed by atoms with Crippen LogP contribution in [0.15, 0.2) is 18.2 Å². The molecule has 86 valence electrons. The summed E-state index contributed by atoms with van der Waals surface area (Å²) in [5, 5.41) is 3.90. The zero-order valence-corrected chi connectivity index (χ0v) is 10.2. The highest BCUT2D eigenvalue weighted by molar-refractivity contribution is 6.29. The molecular formula is C12H16ClN3. The van der Waals surface area contributed by atoms with Crippen LogP contribution in [0.3, 0.4) is 0 Å². The summed E-state index contributed by atoms with van der Waals surface area (Å²) in [6.45, 7) is 2.11. The van der Waals surface area contributed by atoms with Crippen molar-refractivity contribution in [2.45, 2.75) is 38.6 Å². The van der Waals surface area contributed by atoms with E-state index >= 15 is 0 Å². The van der Waals surface area contributed by atoms with E-state index in [-0.39, 0.29) is 0 Å². The Morgan fingerprint density at radius 2 is 2.12 bits per heavy atom. The lowest BCUT2D eigenvalue weighted by Crippen LogP contribution is -2.16. The average molecular weight is 238 g/mol. The second kappa shape index (κ2) is 5.30. The molecule has 0 aliphatic heterocycles. The van der Waals surface area contributed by atoms with Crippen LogP contribution in [-0.4, -0.2) is 16.0 Å². The van der Waals surface area contributed by atoms with Gasteiger partial charge in [-0.25, -0.2) is 9.97 Å². The molecule has 0 radical (unpaired) electrons. The van der Waals surface area contributed by atoms with E-state index in [1.54, 1.807) is 6.07 Å². The van der Waals surface area contributed by atoms with Crippen LogP contribution >= 0.6 is 11.6 Å². The van der Waals surface area contributed by atoms with Gasteiger partial charge in [-0.1, -0.05) is 30.7 Å². The van der Waals surface area contributed by atoms with Gasteiger partial charge in [0.1, 0.15) is 16.8 Å². The number of hydrogen-bond acceptors (Lipinski definition) is 3. The van der Waals surface area contributed by atoms with Crippen LogP contribution < -0.4 is 5.32 Å². The molecule has 3 nitrogen and oxygen atoms in total. The van der Waals surface area contributed by atoms with Crippen LogP contribution in [0.2, 0.25) is 5.15 Å². The van der Waals surface area contributed by atoms with Gasteiger partial charge in [-0.15, -0.1) is 0 Å². The van der Waals surface area contributed by atoms with E-state index in [1.807, 2.05) is 0 Å². The summed E-state index contributed by atoms with van der Waals surface area (Å²) in [5.41, 5.74) is 0. The molecule has 0 spiro atoms. The van der Waals surface area contributed by atoms with E-state index in [1.165, 1.54) is 0 Å². The van der Waals surface area contributed by atoms with Crippen molar-refractivity contribution in [1.82, 2.24) is 9.97 Å². The second-order valence-electron chi connectivity index (χ2n) is 4.03. The Morgan fingerprint density at radius 1 is 1.38 bits per heavy atom. The number of nitrogens with zero attached hydrogens (tertiary/aromatic N) is 2. The van der Waals surface area contributed by atoms with Gasteiger partial charge in [0, 0.05) is 18.5 Å². The Balaban J connectivity index is 2.07. The molecular weight excluding hydrogens is 222 g/mol. The Labute approximate surface area is 101 Å². The number of aromatic nitrogens is 2. The Kier molecular flexibility index (Phi) is 3.78. The molecule has 4 heteroatoms. The van der Waals surface area contributed by atoms with Gasteiger partial charge in [0.05, 0.1) is 0 Å². The molecule has 0 saturated heterocycles. The molecule has 0 unspecified atom stereocenters. The first-order valence-corrected chi connectivity index (χ1v) is 6.10. The maximum atomic E-state index is 5.96. The minimum Gasteiger partial charge on any atom is -0.367 e. The van der Waals surface area contributed by atoms with Gasteiger partial charge < -0.3 is 5.32 Å². The fourth-order valence-electron chi connectivity index (χ4n) is 1.82. The Bertz CT molecular complexity index is 382. The molecule has 0 saturated carbocycles. The average Bonchev–Trinajstić information content (AvgIpc) is 2.70. The zero-order chi connectivity index (χ0) is 11.4. The standard InChI is InChI=1S/C12H16ClN3/c1-2-5-11-15-10(13)8-12(16-11)14-9-6-3-4-7-9/h3-4,8-9H,2,5-7H2,1H3,(H,14,15,16). The van der Waals surface area contributed by atoms with Crippen molar-refractivity contribution >= 4 is 17.4 Å². The third-order valence-electron chi connectivity index (χ3n) is 2.57. The van der Waals surface area contributed by atoms with Gasteiger partial charge in [0.25, 0.3) is 0 Å². The van der Waals surface area contributed by atoms with Gasteiger partial charge in [-0.05, 0) is 19.3 Å². The van der Waals surface area contributed by atoms with Crippen LogP contribution in [-0.2, 0) is 6.42 Å². The Morgan fingerprint density at radius 3 is 2.81 bits per heavy atom. The van der Waals surface area contributed by atoms with E-state index in [4.69, 9.17) is 11.6 Å². The van der Waals surface area contributed by atoms with Crippen LogP contribution in [0.4, 0.5) is 5.82 Å². The smallest absolute Gasteiger partial charge is 0.134 e. The molecule has 2 rings (SSSR count). The number of nitrogens with one attached hydrogen (secondary N) is 1. The van der Waals surface area contributed by atoms with Crippen molar-refractivity contribution in [3.05, 3.63) is 29.2 Å². The lowest BCUT2D eigenvalue weighted by molar-refractivity contribution is 0.770. The van der Waals surface area contributed by atoms with Crippen molar-refractivity contribution in [3.8, 4) is 0 Å². The monoisotopic (exact) mass is 237 g/mol. The lowest BCUT2D eigenvalue weighted by Gasteiger charge is -2.13. The van der Waals surface area contributed by atoms with Crippen molar-refractivity contribution in [3.63, 3.8) is 0 Å². The summed E-state index contributed by atoms with van der Waals surface area (Å²) in [7, 11) is 0. The van der Waals surface area contributed by atoms with Crippen LogP contribution in [0.25, 0.3) is 0 Å². The van der Waals surface area contributed by atoms with E-state index in [0.29, 0.717) is 11.2 Å². The highest BCUT2D eigenvalue weighted by Crippen LogP contribution is 2.18. The predicted octanol–water partition coefficient (Wildman–Crippen LogP) is 3.21. The maximum absolute atomic E-state index is 5.96. The van der Waals surface area contributed by atoms with Gasteiger partial charge in [-0.2, -0.15) is 0 Å². The lowest BCUT2D eigenvalue weighted by atomic mass is 10.2. The summed E-state index contributed by atoms with van der Waals surface area (Å²) in [4.78, 5) is 8.65. The molecule has 1 aromatic rings. The van der Waals surface area contributed by atoms with Crippen molar-refractivity contribution in [1.29, 1.82) is 0 Å². The summed E-state index contributed by atoms with van der Waals surface area (Å²) >= 11 is 5.96. The fourth-order valence-corrected chi connectivity index (χ4v) is 2.02. The minimum atomic E-state index is 0.459. The molecule has 1 N–H and O–H groups in total. The summed E-state index contributed by atoms with van der Waals surface area (Å²) in [5.74, 6) is 1.67. The van der Waals surface area contributed by atoms with E-state index < -0.39 is 0 Å². The summed E-state index contributed by atoms with van der Waals surface area (Å²) in [6.07, 6.45) is 8.40. The van der Waals surface area contributed by atoms with Crippen molar-refractivity contribution in [2.24, 2.45) is 0 Å². The van der Waals surface area contributed by atoms with E-state index in [9.17, 15) is 0 Å². The molecule has 0 aromatic carbocycles. The highest BCUT2D eigenvalue weighted by atomic mass is 35.5. The number of hydrogen-bond donors (Lipinski definition) is 1. The highest BCUT2D eigenvalue weighted by Gasteiger charge is 2.11. The third kappa shape index (κ3) is 2.95. The van der Waals surface area contributed by atoms with Gasteiger partial charge in [-0.3, -0.25) is 0 Å². The summed E-state index contributed by atoms with van der Waals surface area (Å²) in [6, 6.07) is 2.25. The van der Waals surface area contributed by atoms with Crippen LogP contribution in [0, 0.1) is 0 Å². The largest absolute Gasteiger partial charge is 0.367 e. The SMILES string of the molecule is CCCc1nc(Cl)cc(NC2CC=CC2)n1. The first-order valence-electron chi connectivity index (χ1n) is 5.73. The number of aryl methyl sites for hydroxylation is 1. The molecule has 0 atom stereocenters. The normalized spacial score (nSPS) is 15.6. The van der Waals surface area contributed by atoms with Crippen LogP contribution in [0.5, 0.6) is 0 Å². The molecule has 1 aromatic heterocycles. The molecule has 1 aliphatic carbocycles. The van der Waals surface area contributed by atoms with E-state index in [2.05, 4.69) is 34.4 Å². The molecule has 0 fully saturated rings. The Hall–Kier alpha value is -1.09. The van der Waals surface area contributed by atoms with Crippen molar-refractivity contribution in [2.75, 3.05) is 5.32 Å². The van der Waals surface area contributed by atoms with Crippen LogP contribution in [0.1, 0.15) is 32.0 Å². The van der Waals surface area contributed by atoms with Gasteiger partial charge in [0.15, 0.2) is 0 Å². The number of anilines is 1. The predicted molar refractivity (Wildman–Crippen MR) is 66.8 cm³/mol. The van der Waals surface area contributed by atoms with Gasteiger partial charge >= 0.3 is 0 Å². The fraction of sp³-hybridized carbons (Fsp3) is 0.500. The topological polar surface area (TPSA) is 37.8 Å². The molecule has 0 amide bonds. The molecule has 16 heavy (non-hydrogen) atoms. The molecule has 1 heterocycles. The quantitative estimate of drug-likeness (QED) is 0.646.